The Morgan fingerprint density at radius 1 is 1.20 bits per heavy atom. The number of aryl methyl sites for hydroxylation is 1. The number of carbonyl (C=O) groups excluding carboxylic acids is 2. The van der Waals surface area contributed by atoms with Crippen molar-refractivity contribution in [3.63, 3.8) is 0 Å². The highest BCUT2D eigenvalue weighted by Crippen LogP contribution is 2.33. The van der Waals surface area contributed by atoms with Gasteiger partial charge in [-0.2, -0.15) is 0 Å². The monoisotopic (exact) mass is 572 g/mol. The molecule has 0 saturated heterocycles. The highest BCUT2D eigenvalue weighted by molar-refractivity contribution is 6.31. The van der Waals surface area contributed by atoms with Gasteiger partial charge >= 0.3 is 23.2 Å². The topological polar surface area (TPSA) is 180 Å². The van der Waals surface area contributed by atoms with E-state index in [1.807, 2.05) is 0 Å². The van der Waals surface area contributed by atoms with Gasteiger partial charge in [0.25, 0.3) is 0 Å². The summed E-state index contributed by atoms with van der Waals surface area (Å²) >= 11 is 6.15. The van der Waals surface area contributed by atoms with Crippen molar-refractivity contribution < 1.29 is 29.3 Å². The molecule has 0 spiro atoms. The number of carbonyl (C=O) groups is 3. The molecule has 0 saturated carbocycles. The molecule has 2 amide bonds. The van der Waals surface area contributed by atoms with Crippen LogP contribution < -0.4 is 21.8 Å². The summed E-state index contributed by atoms with van der Waals surface area (Å²) in [6, 6.07) is 6.94. The zero-order valence-corrected chi connectivity index (χ0v) is 22.8. The highest BCUT2D eigenvalue weighted by Gasteiger charge is 2.28. The molecule has 5 N–H and O–H groups in total. The number of carboxylic acids is 1. The third-order valence-corrected chi connectivity index (χ3v) is 6.56. The van der Waals surface area contributed by atoms with Gasteiger partial charge in [-0.1, -0.05) is 17.7 Å². The van der Waals surface area contributed by atoms with Crippen LogP contribution in [0.25, 0.3) is 11.0 Å². The third-order valence-electron chi connectivity index (χ3n) is 6.34. The number of amides is 2. The molecule has 0 bridgehead atoms. The Kier molecular flexibility index (Phi) is 8.03. The number of aliphatic carboxylic acids is 1. The quantitative estimate of drug-likeness (QED) is 0.268. The minimum atomic E-state index is -1.96. The summed E-state index contributed by atoms with van der Waals surface area (Å²) in [6.45, 7) is 5.11. The van der Waals surface area contributed by atoms with E-state index >= 15 is 0 Å². The van der Waals surface area contributed by atoms with Crippen LogP contribution in [0.3, 0.4) is 0 Å². The van der Waals surface area contributed by atoms with Gasteiger partial charge in [-0.15, -0.1) is 0 Å². The molecule has 2 aromatic carbocycles. The van der Waals surface area contributed by atoms with E-state index in [0.29, 0.717) is 34.5 Å². The van der Waals surface area contributed by atoms with Gasteiger partial charge in [0, 0.05) is 35.3 Å². The predicted octanol–water partition coefficient (Wildman–Crippen LogP) is 3.00. The van der Waals surface area contributed by atoms with Crippen molar-refractivity contribution in [3.05, 3.63) is 72.8 Å². The molecule has 40 heavy (non-hydrogen) atoms. The molecule has 1 aliphatic heterocycles. The number of aliphatic hydroxyl groups excluding tert-OH is 1. The van der Waals surface area contributed by atoms with Gasteiger partial charge in [-0.3, -0.25) is 19.0 Å². The molecule has 0 aliphatic carbocycles. The van der Waals surface area contributed by atoms with Crippen molar-refractivity contribution >= 4 is 46.3 Å². The Hall–Kier alpha value is -4.16. The Balaban J connectivity index is 1.57. The second-order valence-corrected chi connectivity index (χ2v) is 11.0. The Bertz CT molecular complexity index is 1620. The normalized spacial score (nSPS) is 15.4. The van der Waals surface area contributed by atoms with Gasteiger partial charge in [0.05, 0.1) is 11.0 Å². The molecule has 0 fully saturated rings. The molecule has 12 nitrogen and oxygen atoms in total. The average Bonchev–Trinajstić information content (AvgIpc) is 2.85. The molecule has 212 valence electrons. The smallest absolute Gasteiger partial charge is 0.407 e. The molecule has 0 radical (unpaired) electrons. The Morgan fingerprint density at radius 2 is 1.93 bits per heavy atom. The molecule has 1 unspecified atom stereocenters. The van der Waals surface area contributed by atoms with Gasteiger partial charge in [0.15, 0.2) is 6.10 Å². The number of benzene rings is 2. The van der Waals surface area contributed by atoms with Gasteiger partial charge in [-0.25, -0.2) is 9.59 Å². The number of anilines is 1. The number of ether oxygens (including phenoxy) is 1. The van der Waals surface area contributed by atoms with Crippen LogP contribution >= 0.6 is 11.6 Å². The molecule has 2 heterocycles. The predicted molar refractivity (Wildman–Crippen MR) is 147 cm³/mol. The van der Waals surface area contributed by atoms with Crippen molar-refractivity contribution in [3.8, 4) is 0 Å². The molecule has 3 aromatic rings. The maximum Gasteiger partial charge on any atom is 0.407 e. The first-order valence-corrected chi connectivity index (χ1v) is 12.9. The zero-order chi connectivity index (χ0) is 29.4. The lowest BCUT2D eigenvalue weighted by Crippen LogP contribution is -2.41. The van der Waals surface area contributed by atoms with Crippen LogP contribution in [0.4, 0.5) is 10.5 Å². The summed E-state index contributed by atoms with van der Waals surface area (Å²) in [7, 11) is 0. The van der Waals surface area contributed by atoms with Crippen molar-refractivity contribution in [1.82, 2.24) is 14.9 Å². The number of aliphatic hydroxyl groups is 1. The number of aromatic nitrogens is 2. The first kappa shape index (κ1) is 28.8. The van der Waals surface area contributed by atoms with E-state index in [-0.39, 0.29) is 24.2 Å². The largest absolute Gasteiger partial charge is 0.479 e. The maximum atomic E-state index is 13.1. The van der Waals surface area contributed by atoms with E-state index < -0.39 is 46.8 Å². The van der Waals surface area contributed by atoms with Crippen molar-refractivity contribution in [2.75, 3.05) is 5.32 Å². The number of carboxylic acid groups (broad SMARTS) is 1. The highest BCUT2D eigenvalue weighted by atomic mass is 35.5. The van der Waals surface area contributed by atoms with E-state index in [1.165, 1.54) is 16.7 Å². The summed E-state index contributed by atoms with van der Waals surface area (Å²) in [5.74, 6) is -2.09. The lowest BCUT2D eigenvalue weighted by molar-refractivity contribution is -0.147. The standard InChI is InChI=1S/C27H29ClN4O8/c1-27(2,3)40-26(39)29-12-13-4-7-18(17(8-13)22(34)25(37)38)30-20(33)11-16-6-5-14-9-15(28)10-19-21(14)32(16)24(36)23(35)31-19/h4,7-10,16,22,34H,5-6,11-12H2,1-3H3,(H,29,39)(H,30,33)(H,31,35)(H,37,38)/t16-,22?/m0/s1. The Morgan fingerprint density at radius 3 is 2.60 bits per heavy atom. The number of H-pyrrole nitrogens is 1. The molecular weight excluding hydrogens is 544 g/mol. The van der Waals surface area contributed by atoms with E-state index in [0.717, 1.165) is 5.56 Å². The molecular formula is C27H29ClN4O8. The SMILES string of the molecule is CC(C)(C)OC(=O)NCc1ccc(NC(=O)C[C@@H]2CCc3cc(Cl)cc4[nH]c(=O)c(=O)n2c34)c(C(O)C(=O)O)c1. The first-order valence-electron chi connectivity index (χ1n) is 12.5. The summed E-state index contributed by atoms with van der Waals surface area (Å²) in [4.78, 5) is 64.3. The number of rotatable bonds is 7. The average molecular weight is 573 g/mol. The number of alkyl carbamates (subject to hydrolysis) is 1. The van der Waals surface area contributed by atoms with Crippen LogP contribution in [-0.2, 0) is 27.3 Å². The second-order valence-electron chi connectivity index (χ2n) is 10.6. The maximum absolute atomic E-state index is 13.1. The van der Waals surface area contributed by atoms with E-state index in [1.54, 1.807) is 39.0 Å². The lowest BCUT2D eigenvalue weighted by atomic mass is 9.96. The van der Waals surface area contributed by atoms with Crippen LogP contribution in [0.2, 0.25) is 5.02 Å². The van der Waals surface area contributed by atoms with Gasteiger partial charge in [-0.05, 0) is 69.0 Å². The van der Waals surface area contributed by atoms with Crippen LogP contribution in [0.5, 0.6) is 0 Å². The second kappa shape index (κ2) is 11.1. The van der Waals surface area contributed by atoms with Crippen molar-refractivity contribution in [1.29, 1.82) is 0 Å². The number of aromatic amines is 1. The van der Waals surface area contributed by atoms with Crippen LogP contribution in [0.15, 0.2) is 39.9 Å². The number of hydrogen-bond donors (Lipinski definition) is 5. The fraction of sp³-hybridized carbons (Fsp3) is 0.370. The molecule has 1 aromatic heterocycles. The summed E-state index contributed by atoms with van der Waals surface area (Å²) in [5.41, 5.74) is -0.264. The lowest BCUT2D eigenvalue weighted by Gasteiger charge is -2.27. The van der Waals surface area contributed by atoms with E-state index in [9.17, 15) is 34.2 Å². The van der Waals surface area contributed by atoms with Crippen LogP contribution in [0, 0.1) is 0 Å². The molecule has 1 aliphatic rings. The van der Waals surface area contributed by atoms with E-state index in [2.05, 4.69) is 15.6 Å². The number of nitrogens with one attached hydrogen (secondary N) is 3. The fourth-order valence-electron chi connectivity index (χ4n) is 4.70. The molecule has 2 atom stereocenters. The molecule has 4 rings (SSSR count). The van der Waals surface area contributed by atoms with Gasteiger partial charge < -0.3 is 30.6 Å². The minimum Gasteiger partial charge on any atom is -0.479 e. The van der Waals surface area contributed by atoms with Gasteiger partial charge in [0.2, 0.25) is 5.91 Å². The molecule has 13 heteroatoms. The fourth-order valence-corrected chi connectivity index (χ4v) is 4.95. The van der Waals surface area contributed by atoms with Crippen LogP contribution in [-0.4, -0.2) is 43.3 Å². The zero-order valence-electron chi connectivity index (χ0n) is 22.0. The minimum absolute atomic E-state index is 0.0184. The van der Waals surface area contributed by atoms with Crippen molar-refractivity contribution in [2.45, 2.75) is 64.3 Å². The number of halogens is 1. The number of hydrogen-bond acceptors (Lipinski definition) is 7. The van der Waals surface area contributed by atoms with Crippen molar-refractivity contribution in [2.24, 2.45) is 0 Å². The van der Waals surface area contributed by atoms with E-state index in [4.69, 9.17) is 16.3 Å². The summed E-state index contributed by atoms with van der Waals surface area (Å²) in [6.07, 6.45) is -1.92. The number of nitrogens with zero attached hydrogens (tertiary/aromatic N) is 1. The first-order chi connectivity index (χ1) is 18.7. The Labute approximate surface area is 232 Å². The summed E-state index contributed by atoms with van der Waals surface area (Å²) in [5, 5.41) is 25.3. The third kappa shape index (κ3) is 6.35. The van der Waals surface area contributed by atoms with Crippen LogP contribution in [0.1, 0.15) is 62.4 Å². The van der Waals surface area contributed by atoms with Gasteiger partial charge in [0.1, 0.15) is 5.60 Å². The summed E-state index contributed by atoms with van der Waals surface area (Å²) < 4.78 is 6.49.